The molecule has 3 heterocycles. The molecule has 1 aromatic carbocycles. The van der Waals surface area contributed by atoms with E-state index in [0.29, 0.717) is 40.3 Å². The average molecular weight is 553 g/mol. The normalized spacial score (nSPS) is 23.7. The van der Waals surface area contributed by atoms with Gasteiger partial charge in [0.15, 0.2) is 11.5 Å². The first-order valence-electron chi connectivity index (χ1n) is 14.2. The molecule has 10 nitrogen and oxygen atoms in total. The summed E-state index contributed by atoms with van der Waals surface area (Å²) in [6.45, 7) is 3.70. The Morgan fingerprint density at radius 1 is 1.18 bits per heavy atom. The molecular formula is C29H41FN8O2. The fourth-order valence-electron chi connectivity index (χ4n) is 6.18. The van der Waals surface area contributed by atoms with Crippen LogP contribution in [0.4, 0.5) is 27.5 Å². The molecule has 0 spiro atoms. The number of aromatic nitrogens is 2. The molecule has 2 aromatic rings. The summed E-state index contributed by atoms with van der Waals surface area (Å²) in [5.74, 6) is 1.81. The molecule has 1 amide bonds. The number of hydrogen-bond acceptors (Lipinski definition) is 8. The first-order chi connectivity index (χ1) is 19.2. The smallest absolute Gasteiger partial charge is 0.251 e. The number of benzene rings is 1. The Kier molecular flexibility index (Phi) is 8.11. The fraction of sp³-hybridized carbons (Fsp3) is 0.586. The standard InChI is InChI=1S/C29H41FN8O2/c1-29(30)18-38(21-8-6-7-9-21)25-23(37(4)27(29)31-2)17-32-28(35-25)34-22-11-10-19(16-24(22)40-5)26(39)33-20-12-14-36(3)15-13-20/h10-11,16-17,20-21H,6-9,12-15,18H2,1-5H3,(H,33,39)(H,32,34,35). The number of amidine groups is 1. The van der Waals surface area contributed by atoms with Gasteiger partial charge >= 0.3 is 0 Å². The number of anilines is 4. The minimum absolute atomic E-state index is 0.112. The van der Waals surface area contributed by atoms with Crippen molar-refractivity contribution in [3.05, 3.63) is 30.0 Å². The molecule has 1 aromatic heterocycles. The van der Waals surface area contributed by atoms with Gasteiger partial charge in [0.2, 0.25) is 5.95 Å². The highest BCUT2D eigenvalue weighted by molar-refractivity contribution is 6.06. The van der Waals surface area contributed by atoms with Crippen LogP contribution in [0.25, 0.3) is 0 Å². The highest BCUT2D eigenvalue weighted by atomic mass is 19.1. The van der Waals surface area contributed by atoms with Crippen molar-refractivity contribution in [1.82, 2.24) is 20.2 Å². The van der Waals surface area contributed by atoms with Crippen molar-refractivity contribution in [2.45, 2.75) is 63.2 Å². The van der Waals surface area contributed by atoms with Crippen molar-refractivity contribution in [1.29, 1.82) is 0 Å². The van der Waals surface area contributed by atoms with Crippen LogP contribution in [0.5, 0.6) is 5.75 Å². The molecule has 1 saturated carbocycles. The second-order valence-corrected chi connectivity index (χ2v) is 11.4. The Bertz CT molecular complexity index is 1250. The zero-order valence-corrected chi connectivity index (χ0v) is 24.2. The Labute approximate surface area is 236 Å². The van der Waals surface area contributed by atoms with E-state index in [-0.39, 0.29) is 24.5 Å². The summed E-state index contributed by atoms with van der Waals surface area (Å²) < 4.78 is 21.6. The van der Waals surface area contributed by atoms with E-state index in [0.717, 1.165) is 51.6 Å². The average Bonchev–Trinajstić information content (AvgIpc) is 3.46. The summed E-state index contributed by atoms with van der Waals surface area (Å²) >= 11 is 0. The monoisotopic (exact) mass is 552 g/mol. The lowest BCUT2D eigenvalue weighted by Crippen LogP contribution is -2.49. The van der Waals surface area contributed by atoms with Gasteiger partial charge in [0, 0.05) is 31.7 Å². The lowest BCUT2D eigenvalue weighted by atomic mass is 10.0. The van der Waals surface area contributed by atoms with E-state index in [4.69, 9.17) is 9.72 Å². The molecule has 1 unspecified atom stereocenters. The van der Waals surface area contributed by atoms with Gasteiger partial charge in [0.1, 0.15) is 17.3 Å². The van der Waals surface area contributed by atoms with E-state index in [2.05, 4.69) is 37.5 Å². The number of ether oxygens (including phenoxy) is 1. The van der Waals surface area contributed by atoms with Crippen LogP contribution in [0, 0.1) is 0 Å². The van der Waals surface area contributed by atoms with Gasteiger partial charge in [-0.3, -0.25) is 9.79 Å². The highest BCUT2D eigenvalue weighted by Gasteiger charge is 2.43. The van der Waals surface area contributed by atoms with Crippen molar-refractivity contribution >= 4 is 34.9 Å². The number of rotatable bonds is 6. The maximum Gasteiger partial charge on any atom is 0.251 e. The number of fused-ring (bicyclic) bond motifs is 1. The molecule has 0 radical (unpaired) electrons. The molecule has 11 heteroatoms. The number of amides is 1. The number of nitrogens with one attached hydrogen (secondary N) is 2. The van der Waals surface area contributed by atoms with E-state index in [9.17, 15) is 4.79 Å². The zero-order chi connectivity index (χ0) is 28.4. The number of piperidine rings is 1. The number of hydrogen-bond donors (Lipinski definition) is 2. The second kappa shape index (κ2) is 11.6. The van der Waals surface area contributed by atoms with Crippen molar-refractivity contribution in [3.63, 3.8) is 0 Å². The van der Waals surface area contributed by atoms with Crippen LogP contribution in [0.3, 0.4) is 0 Å². The molecule has 5 rings (SSSR count). The van der Waals surface area contributed by atoms with Gasteiger partial charge in [-0.2, -0.15) is 4.98 Å². The SMILES string of the molecule is CN=C1N(C)c2cnc(Nc3ccc(C(=O)NC4CCN(C)CC4)cc3OC)nc2N(C2CCCC2)CC1(C)F. The predicted molar refractivity (Wildman–Crippen MR) is 157 cm³/mol. The minimum Gasteiger partial charge on any atom is -0.495 e. The Morgan fingerprint density at radius 2 is 1.90 bits per heavy atom. The lowest BCUT2D eigenvalue weighted by molar-refractivity contribution is 0.0916. The van der Waals surface area contributed by atoms with Crippen molar-refractivity contribution < 1.29 is 13.9 Å². The first-order valence-corrected chi connectivity index (χ1v) is 14.2. The molecule has 2 aliphatic heterocycles. The van der Waals surface area contributed by atoms with Gasteiger partial charge < -0.3 is 30.1 Å². The molecule has 2 fully saturated rings. The summed E-state index contributed by atoms with van der Waals surface area (Å²) in [5, 5.41) is 6.41. The van der Waals surface area contributed by atoms with Crippen molar-refractivity contribution in [2.24, 2.45) is 4.99 Å². The third-order valence-corrected chi connectivity index (χ3v) is 8.38. The second-order valence-electron chi connectivity index (χ2n) is 11.4. The number of carbonyl (C=O) groups excluding carboxylic acids is 1. The highest BCUT2D eigenvalue weighted by Crippen LogP contribution is 2.40. The summed E-state index contributed by atoms with van der Waals surface area (Å²) in [4.78, 5) is 32.8. The largest absolute Gasteiger partial charge is 0.495 e. The quantitative estimate of drug-likeness (QED) is 0.555. The van der Waals surface area contributed by atoms with Crippen LogP contribution >= 0.6 is 0 Å². The number of carbonyl (C=O) groups is 1. The summed E-state index contributed by atoms with van der Waals surface area (Å²) in [5.41, 5.74) is 0.242. The van der Waals surface area contributed by atoms with Gasteiger partial charge in [-0.1, -0.05) is 12.8 Å². The minimum atomic E-state index is -1.65. The maximum atomic E-state index is 16.0. The first kappa shape index (κ1) is 28.1. The fourth-order valence-corrected chi connectivity index (χ4v) is 6.18. The third kappa shape index (κ3) is 5.70. The molecule has 0 bridgehead atoms. The van der Waals surface area contributed by atoms with E-state index in [1.54, 1.807) is 50.4 Å². The molecule has 40 heavy (non-hydrogen) atoms. The predicted octanol–water partition coefficient (Wildman–Crippen LogP) is 4.01. The van der Waals surface area contributed by atoms with Gasteiger partial charge in [-0.15, -0.1) is 0 Å². The number of alkyl halides is 1. The van der Waals surface area contributed by atoms with E-state index < -0.39 is 5.67 Å². The van der Waals surface area contributed by atoms with Gasteiger partial charge in [0.25, 0.3) is 5.91 Å². The molecule has 1 atom stereocenters. The third-order valence-electron chi connectivity index (χ3n) is 8.38. The van der Waals surface area contributed by atoms with E-state index in [1.807, 2.05) is 7.05 Å². The summed E-state index contributed by atoms with van der Waals surface area (Å²) in [6, 6.07) is 5.69. The van der Waals surface area contributed by atoms with Gasteiger partial charge in [-0.05, 0) is 70.9 Å². The Morgan fingerprint density at radius 3 is 2.58 bits per heavy atom. The number of methoxy groups -OCH3 is 1. The summed E-state index contributed by atoms with van der Waals surface area (Å²) in [6.07, 6.45) is 7.84. The van der Waals surface area contributed by atoms with Crippen LogP contribution in [-0.4, -0.2) is 92.3 Å². The number of halogens is 1. The van der Waals surface area contributed by atoms with E-state index in [1.165, 1.54) is 0 Å². The van der Waals surface area contributed by atoms with Crippen LogP contribution < -0.4 is 25.2 Å². The molecular weight excluding hydrogens is 511 g/mol. The Balaban J connectivity index is 1.40. The number of nitrogens with zero attached hydrogens (tertiary/aromatic N) is 6. The maximum absolute atomic E-state index is 16.0. The van der Waals surface area contributed by atoms with Crippen LogP contribution in [-0.2, 0) is 0 Å². The van der Waals surface area contributed by atoms with Crippen molar-refractivity contribution in [3.8, 4) is 5.75 Å². The number of aliphatic imine (C=N–C) groups is 1. The lowest BCUT2D eigenvalue weighted by Gasteiger charge is -2.33. The van der Waals surface area contributed by atoms with E-state index >= 15 is 4.39 Å². The van der Waals surface area contributed by atoms with Gasteiger partial charge in [0.05, 0.1) is 25.5 Å². The zero-order valence-electron chi connectivity index (χ0n) is 24.2. The van der Waals surface area contributed by atoms with Crippen LogP contribution in [0.2, 0.25) is 0 Å². The Hall–Kier alpha value is -3.47. The van der Waals surface area contributed by atoms with Gasteiger partial charge in [-0.25, -0.2) is 9.37 Å². The molecule has 2 N–H and O–H groups in total. The van der Waals surface area contributed by atoms with Crippen molar-refractivity contribution in [2.75, 3.05) is 63.0 Å². The number of likely N-dealkylation sites (tertiary alicyclic amines) is 1. The topological polar surface area (TPSA) is 98.2 Å². The molecule has 1 aliphatic carbocycles. The van der Waals surface area contributed by atoms with Crippen LogP contribution in [0.15, 0.2) is 29.4 Å². The molecule has 3 aliphatic rings. The molecule has 216 valence electrons. The van der Waals surface area contributed by atoms with Crippen LogP contribution in [0.1, 0.15) is 55.8 Å². The summed E-state index contributed by atoms with van der Waals surface area (Å²) in [7, 11) is 7.10. The molecule has 1 saturated heterocycles.